The molecule has 28 heavy (non-hydrogen) atoms. The Morgan fingerprint density at radius 1 is 1.00 bits per heavy atom. The van der Waals surface area contributed by atoms with Gasteiger partial charge in [0.05, 0.1) is 5.69 Å². The molecule has 0 aliphatic carbocycles. The van der Waals surface area contributed by atoms with E-state index in [-0.39, 0.29) is 6.03 Å². The van der Waals surface area contributed by atoms with Crippen LogP contribution in [-0.2, 0) is 6.42 Å². The van der Waals surface area contributed by atoms with Crippen molar-refractivity contribution in [1.29, 1.82) is 0 Å². The zero-order valence-electron chi connectivity index (χ0n) is 15.5. The highest BCUT2D eigenvalue weighted by Gasteiger charge is 2.12. The van der Waals surface area contributed by atoms with Gasteiger partial charge in [-0.3, -0.25) is 14.3 Å². The van der Waals surface area contributed by atoms with Crippen LogP contribution in [0, 0.1) is 0 Å². The molecule has 2 heterocycles. The first kappa shape index (κ1) is 19.6. The summed E-state index contributed by atoms with van der Waals surface area (Å²) in [4.78, 5) is 21.0. The first-order chi connectivity index (χ1) is 13.7. The number of hydrogen-bond donors (Lipinski definition) is 1. The van der Waals surface area contributed by atoms with Gasteiger partial charge >= 0.3 is 6.03 Å². The number of benzene rings is 1. The fourth-order valence-electron chi connectivity index (χ4n) is 2.43. The molecule has 0 unspecified atom stereocenters. The number of nitrogens with zero attached hydrogens (tertiary/aromatic N) is 4. The standard InChI is InChI=1S/C21H21N5OS/c1-26(28-16-13-18-11-5-7-14-22-18)21(27)25-24-20(17-9-3-2-4-10-17)19-12-6-8-15-23-19/h2-12,14-15H,13,16H2,1H3,(H,25,27)/b24-20+. The van der Waals surface area contributed by atoms with E-state index in [1.807, 2.05) is 66.7 Å². The lowest BCUT2D eigenvalue weighted by molar-refractivity contribution is 0.231. The summed E-state index contributed by atoms with van der Waals surface area (Å²) in [6.07, 6.45) is 4.26. The fraction of sp³-hybridized carbons (Fsp3) is 0.143. The molecule has 0 aliphatic rings. The summed E-state index contributed by atoms with van der Waals surface area (Å²) >= 11 is 1.42. The van der Waals surface area contributed by atoms with Crippen LogP contribution >= 0.6 is 11.9 Å². The first-order valence-corrected chi connectivity index (χ1v) is 9.79. The summed E-state index contributed by atoms with van der Waals surface area (Å²) in [6, 6.07) is 20.8. The van der Waals surface area contributed by atoms with Crippen LogP contribution < -0.4 is 5.43 Å². The highest BCUT2D eigenvalue weighted by molar-refractivity contribution is 7.97. The number of hydrazone groups is 1. The third-order valence-corrected chi connectivity index (χ3v) is 4.81. The maximum atomic E-state index is 12.4. The van der Waals surface area contributed by atoms with Gasteiger partial charge in [-0.1, -0.05) is 42.5 Å². The van der Waals surface area contributed by atoms with Gasteiger partial charge in [0.2, 0.25) is 0 Å². The Balaban J connectivity index is 1.62. The van der Waals surface area contributed by atoms with Gasteiger partial charge in [0.25, 0.3) is 0 Å². The van der Waals surface area contributed by atoms with E-state index in [1.165, 1.54) is 16.3 Å². The van der Waals surface area contributed by atoms with Gasteiger partial charge in [0.1, 0.15) is 5.71 Å². The molecule has 0 atom stereocenters. The Labute approximate surface area is 168 Å². The average molecular weight is 392 g/mol. The predicted octanol–water partition coefficient (Wildman–Crippen LogP) is 3.76. The van der Waals surface area contributed by atoms with Crippen molar-refractivity contribution in [2.45, 2.75) is 6.42 Å². The second-order valence-electron chi connectivity index (χ2n) is 5.86. The Morgan fingerprint density at radius 2 is 1.71 bits per heavy atom. The summed E-state index contributed by atoms with van der Waals surface area (Å²) in [6.45, 7) is 0. The minimum Gasteiger partial charge on any atom is -0.270 e. The van der Waals surface area contributed by atoms with Crippen molar-refractivity contribution in [3.8, 4) is 0 Å². The van der Waals surface area contributed by atoms with Crippen LogP contribution in [0.2, 0.25) is 0 Å². The van der Waals surface area contributed by atoms with Gasteiger partial charge in [0.15, 0.2) is 0 Å². The molecule has 3 rings (SSSR count). The lowest BCUT2D eigenvalue weighted by atomic mass is 10.1. The Kier molecular flexibility index (Phi) is 7.14. The van der Waals surface area contributed by atoms with E-state index in [9.17, 15) is 4.79 Å². The van der Waals surface area contributed by atoms with Crippen LogP contribution in [0.4, 0.5) is 4.79 Å². The minimum atomic E-state index is -0.296. The van der Waals surface area contributed by atoms with Crippen LogP contribution in [0.3, 0.4) is 0 Å². The molecular formula is C21H21N5OS. The molecule has 0 fully saturated rings. The number of aromatic nitrogens is 2. The molecule has 0 saturated heterocycles. The van der Waals surface area contributed by atoms with Gasteiger partial charge in [0, 0.05) is 42.9 Å². The van der Waals surface area contributed by atoms with Crippen molar-refractivity contribution in [3.63, 3.8) is 0 Å². The zero-order chi connectivity index (χ0) is 19.6. The largest absolute Gasteiger partial charge is 0.347 e. The molecule has 1 N–H and O–H groups in total. The Morgan fingerprint density at radius 3 is 2.39 bits per heavy atom. The number of carbonyl (C=O) groups is 1. The van der Waals surface area contributed by atoms with E-state index in [1.54, 1.807) is 19.4 Å². The number of pyridine rings is 2. The molecule has 142 valence electrons. The van der Waals surface area contributed by atoms with Crippen molar-refractivity contribution in [3.05, 3.63) is 96.1 Å². The van der Waals surface area contributed by atoms with Gasteiger partial charge in [-0.25, -0.2) is 10.2 Å². The number of nitrogens with one attached hydrogen (secondary N) is 1. The van der Waals surface area contributed by atoms with E-state index in [0.717, 1.165) is 23.4 Å². The molecule has 6 nitrogen and oxygen atoms in total. The van der Waals surface area contributed by atoms with E-state index in [0.29, 0.717) is 11.4 Å². The first-order valence-electron chi connectivity index (χ1n) is 8.85. The van der Waals surface area contributed by atoms with Crippen molar-refractivity contribution in [2.24, 2.45) is 5.10 Å². The number of hydrogen-bond acceptors (Lipinski definition) is 5. The van der Waals surface area contributed by atoms with E-state index in [2.05, 4.69) is 20.5 Å². The molecule has 2 amide bonds. The van der Waals surface area contributed by atoms with E-state index in [4.69, 9.17) is 0 Å². The smallest absolute Gasteiger partial charge is 0.270 e. The highest BCUT2D eigenvalue weighted by atomic mass is 32.2. The normalized spacial score (nSPS) is 11.1. The topological polar surface area (TPSA) is 70.5 Å². The monoisotopic (exact) mass is 391 g/mol. The van der Waals surface area contributed by atoms with Crippen molar-refractivity contribution in [2.75, 3.05) is 12.8 Å². The maximum Gasteiger partial charge on any atom is 0.347 e. The van der Waals surface area contributed by atoms with Gasteiger partial charge in [-0.05, 0) is 36.2 Å². The van der Waals surface area contributed by atoms with Gasteiger partial charge < -0.3 is 0 Å². The number of rotatable bonds is 7. The van der Waals surface area contributed by atoms with Crippen LogP contribution in [0.1, 0.15) is 17.0 Å². The van der Waals surface area contributed by atoms with Gasteiger partial charge in [-0.15, -0.1) is 0 Å². The van der Waals surface area contributed by atoms with Crippen LogP contribution in [0.25, 0.3) is 0 Å². The quantitative estimate of drug-likeness (QED) is 0.378. The lowest BCUT2D eigenvalue weighted by Gasteiger charge is -2.15. The summed E-state index contributed by atoms with van der Waals surface area (Å²) in [5.41, 5.74) is 5.82. The SMILES string of the molecule is CN(SCCc1ccccn1)C(=O)N/N=C(\c1ccccc1)c1ccccn1. The molecule has 0 radical (unpaired) electrons. The second-order valence-corrected chi connectivity index (χ2v) is 7.07. The third kappa shape index (κ3) is 5.65. The fourth-order valence-corrected chi connectivity index (χ4v) is 3.17. The van der Waals surface area contributed by atoms with Crippen LogP contribution in [0.5, 0.6) is 0 Å². The molecule has 1 aromatic carbocycles. The molecule has 2 aromatic heterocycles. The van der Waals surface area contributed by atoms with Crippen LogP contribution in [0.15, 0.2) is 84.2 Å². The highest BCUT2D eigenvalue weighted by Crippen LogP contribution is 2.11. The Bertz CT molecular complexity index is 862. The summed E-state index contributed by atoms with van der Waals surface area (Å²) < 4.78 is 1.54. The van der Waals surface area contributed by atoms with Crippen LogP contribution in [-0.4, -0.2) is 38.8 Å². The molecule has 3 aromatic rings. The molecule has 7 heteroatoms. The van der Waals surface area contributed by atoms with Crippen molar-refractivity contribution >= 4 is 23.7 Å². The summed E-state index contributed by atoms with van der Waals surface area (Å²) in [5, 5.41) is 4.34. The summed E-state index contributed by atoms with van der Waals surface area (Å²) in [7, 11) is 1.72. The predicted molar refractivity (Wildman–Crippen MR) is 113 cm³/mol. The number of urea groups is 1. The molecule has 0 saturated carbocycles. The third-order valence-electron chi connectivity index (χ3n) is 3.87. The number of aryl methyl sites for hydroxylation is 1. The zero-order valence-corrected chi connectivity index (χ0v) is 16.3. The second kappa shape index (κ2) is 10.2. The van der Waals surface area contributed by atoms with E-state index >= 15 is 0 Å². The molecule has 0 aliphatic heterocycles. The maximum absolute atomic E-state index is 12.4. The van der Waals surface area contributed by atoms with Gasteiger partial charge in [-0.2, -0.15) is 5.10 Å². The van der Waals surface area contributed by atoms with Crippen molar-refractivity contribution in [1.82, 2.24) is 19.7 Å². The number of amides is 2. The van der Waals surface area contributed by atoms with E-state index < -0.39 is 0 Å². The van der Waals surface area contributed by atoms with Crippen molar-refractivity contribution < 1.29 is 4.79 Å². The molecule has 0 bridgehead atoms. The average Bonchev–Trinajstić information content (AvgIpc) is 2.76. The summed E-state index contributed by atoms with van der Waals surface area (Å²) in [5.74, 6) is 0.746. The Hall–Kier alpha value is -3.19. The molecule has 0 spiro atoms. The number of carbonyl (C=O) groups excluding carboxylic acids is 1. The lowest BCUT2D eigenvalue weighted by Crippen LogP contribution is -2.31. The molecular weight excluding hydrogens is 370 g/mol. The minimum absolute atomic E-state index is 0.296.